The Kier molecular flexibility index (Phi) is 6.07. The third-order valence-electron chi connectivity index (χ3n) is 7.10. The first-order valence-electron chi connectivity index (χ1n) is 11.4. The molecule has 2 atom stereocenters. The SMILES string of the molecule is O=S(=O)(c1ccc(F)cc1)[C@@]12CCN[C@@H]1CCc1cc(OCc3c(F)cccc3C(F)(F)F)ccc12. The van der Waals surface area contributed by atoms with E-state index in [1.807, 2.05) is 0 Å². The van der Waals surface area contributed by atoms with Crippen molar-refractivity contribution in [2.24, 2.45) is 0 Å². The number of alkyl halides is 3. The molecule has 10 heteroatoms. The van der Waals surface area contributed by atoms with Gasteiger partial charge in [-0.15, -0.1) is 0 Å². The van der Waals surface area contributed by atoms with Gasteiger partial charge < -0.3 is 10.1 Å². The number of sulfone groups is 1. The van der Waals surface area contributed by atoms with E-state index in [0.29, 0.717) is 36.9 Å². The van der Waals surface area contributed by atoms with Crippen LogP contribution >= 0.6 is 0 Å². The molecular weight excluding hydrogens is 501 g/mol. The number of nitrogens with one attached hydrogen (secondary N) is 1. The number of benzene rings is 3. The molecule has 1 saturated heterocycles. The Bertz CT molecular complexity index is 1410. The Hall–Kier alpha value is -2.98. The zero-order valence-electron chi connectivity index (χ0n) is 18.9. The molecule has 1 fully saturated rings. The minimum absolute atomic E-state index is 0.0185. The fourth-order valence-corrected chi connectivity index (χ4v) is 7.78. The van der Waals surface area contributed by atoms with Crippen LogP contribution in [0.15, 0.2) is 65.6 Å². The van der Waals surface area contributed by atoms with E-state index in [1.54, 1.807) is 12.1 Å². The van der Waals surface area contributed by atoms with Crippen LogP contribution in [0.5, 0.6) is 5.75 Å². The predicted molar refractivity (Wildman–Crippen MR) is 122 cm³/mol. The average Bonchev–Trinajstić information content (AvgIpc) is 3.29. The van der Waals surface area contributed by atoms with Crippen molar-refractivity contribution in [1.29, 1.82) is 0 Å². The fourth-order valence-electron chi connectivity index (χ4n) is 5.43. The Balaban J connectivity index is 1.50. The van der Waals surface area contributed by atoms with Crippen LogP contribution in [0.3, 0.4) is 0 Å². The van der Waals surface area contributed by atoms with Crippen molar-refractivity contribution in [3.8, 4) is 5.75 Å². The van der Waals surface area contributed by atoms with E-state index in [-0.39, 0.29) is 16.7 Å². The summed E-state index contributed by atoms with van der Waals surface area (Å²) in [6, 6.07) is 11.9. The Morgan fingerprint density at radius 2 is 1.78 bits per heavy atom. The summed E-state index contributed by atoms with van der Waals surface area (Å²) in [6.45, 7) is -0.153. The van der Waals surface area contributed by atoms with E-state index in [0.717, 1.165) is 30.3 Å². The predicted octanol–water partition coefficient (Wildman–Crippen LogP) is 5.54. The van der Waals surface area contributed by atoms with Gasteiger partial charge in [-0.05, 0) is 85.5 Å². The second kappa shape index (κ2) is 8.85. The van der Waals surface area contributed by atoms with Crippen LogP contribution in [0.25, 0.3) is 0 Å². The Labute approximate surface area is 205 Å². The lowest BCUT2D eigenvalue weighted by atomic mass is 9.79. The summed E-state index contributed by atoms with van der Waals surface area (Å²) in [7, 11) is -3.93. The normalized spacial score (nSPS) is 21.6. The van der Waals surface area contributed by atoms with Crippen LogP contribution in [0, 0.1) is 11.6 Å². The first kappa shape index (κ1) is 24.7. The van der Waals surface area contributed by atoms with Crippen molar-refractivity contribution in [3.63, 3.8) is 0 Å². The number of aryl methyl sites for hydroxylation is 1. The monoisotopic (exact) mass is 523 g/mol. The number of ether oxygens (including phenoxy) is 1. The molecule has 3 aromatic carbocycles. The molecule has 0 spiro atoms. The molecule has 190 valence electrons. The fraction of sp³-hybridized carbons (Fsp3) is 0.308. The van der Waals surface area contributed by atoms with Gasteiger partial charge in [0.2, 0.25) is 0 Å². The van der Waals surface area contributed by atoms with Crippen molar-refractivity contribution in [3.05, 3.63) is 94.6 Å². The molecule has 1 N–H and O–H groups in total. The zero-order chi connectivity index (χ0) is 25.7. The molecule has 1 aliphatic heterocycles. The summed E-state index contributed by atoms with van der Waals surface area (Å²) in [6.07, 6.45) is -3.38. The van der Waals surface area contributed by atoms with E-state index in [9.17, 15) is 30.4 Å². The molecule has 0 radical (unpaired) electrons. The minimum atomic E-state index is -4.73. The van der Waals surface area contributed by atoms with Gasteiger partial charge >= 0.3 is 6.18 Å². The summed E-state index contributed by atoms with van der Waals surface area (Å²) in [5.41, 5.74) is -0.423. The van der Waals surface area contributed by atoms with Crippen LogP contribution in [0.1, 0.15) is 35.1 Å². The molecule has 0 unspecified atom stereocenters. The van der Waals surface area contributed by atoms with E-state index in [4.69, 9.17) is 4.74 Å². The minimum Gasteiger partial charge on any atom is -0.489 e. The van der Waals surface area contributed by atoms with Crippen molar-refractivity contribution in [1.82, 2.24) is 5.32 Å². The van der Waals surface area contributed by atoms with Gasteiger partial charge in [-0.3, -0.25) is 0 Å². The van der Waals surface area contributed by atoms with Crippen LogP contribution in [0.4, 0.5) is 22.0 Å². The second-order valence-electron chi connectivity index (χ2n) is 9.01. The van der Waals surface area contributed by atoms with Crippen molar-refractivity contribution in [2.75, 3.05) is 6.54 Å². The lowest BCUT2D eigenvalue weighted by Gasteiger charge is -2.40. The van der Waals surface area contributed by atoms with E-state index in [1.165, 1.54) is 18.2 Å². The number of hydrogen-bond acceptors (Lipinski definition) is 4. The molecule has 5 rings (SSSR count). The molecule has 3 aromatic rings. The summed E-state index contributed by atoms with van der Waals surface area (Å²) in [5, 5.41) is 3.28. The largest absolute Gasteiger partial charge is 0.489 e. The molecule has 1 heterocycles. The Morgan fingerprint density at radius 1 is 1.03 bits per heavy atom. The van der Waals surface area contributed by atoms with Gasteiger partial charge in [-0.2, -0.15) is 13.2 Å². The van der Waals surface area contributed by atoms with Crippen molar-refractivity contribution >= 4 is 9.84 Å². The summed E-state index contributed by atoms with van der Waals surface area (Å²) >= 11 is 0. The van der Waals surface area contributed by atoms with Crippen LogP contribution < -0.4 is 10.1 Å². The maximum Gasteiger partial charge on any atom is 0.416 e. The zero-order valence-corrected chi connectivity index (χ0v) is 19.7. The molecule has 36 heavy (non-hydrogen) atoms. The van der Waals surface area contributed by atoms with Gasteiger partial charge in [-0.25, -0.2) is 17.2 Å². The molecule has 0 bridgehead atoms. The number of fused-ring (bicyclic) bond motifs is 3. The standard InChI is InChI=1S/C26H22F5NO3S/c27-17-5-8-19(9-6-17)36(33,34)25-12-13-32-24(25)11-4-16-14-18(7-10-21(16)25)35-15-20-22(26(29,30)31)2-1-3-23(20)28/h1-3,5-10,14,24,32H,4,11-13,15H2/t24-,25-/m1/s1. The average molecular weight is 524 g/mol. The maximum absolute atomic E-state index is 14.2. The van der Waals surface area contributed by atoms with Gasteiger partial charge in [0, 0.05) is 11.6 Å². The van der Waals surface area contributed by atoms with E-state index in [2.05, 4.69) is 5.32 Å². The van der Waals surface area contributed by atoms with Gasteiger partial charge in [0.15, 0.2) is 9.84 Å². The summed E-state index contributed by atoms with van der Waals surface area (Å²) in [4.78, 5) is 0.0185. The Morgan fingerprint density at radius 3 is 2.50 bits per heavy atom. The second-order valence-corrected chi connectivity index (χ2v) is 11.2. The van der Waals surface area contributed by atoms with E-state index < -0.39 is 50.1 Å². The molecule has 4 nitrogen and oxygen atoms in total. The third kappa shape index (κ3) is 3.96. The lowest BCUT2D eigenvalue weighted by molar-refractivity contribution is -0.138. The highest BCUT2D eigenvalue weighted by molar-refractivity contribution is 7.92. The number of rotatable bonds is 5. The highest BCUT2D eigenvalue weighted by Gasteiger charge is 2.57. The van der Waals surface area contributed by atoms with Gasteiger partial charge in [-0.1, -0.05) is 12.1 Å². The summed E-state index contributed by atoms with van der Waals surface area (Å²) < 4.78 is 99.7. The van der Waals surface area contributed by atoms with Crippen LogP contribution in [-0.2, 0) is 33.8 Å². The summed E-state index contributed by atoms with van der Waals surface area (Å²) in [5.74, 6) is -1.35. The first-order valence-corrected chi connectivity index (χ1v) is 12.9. The van der Waals surface area contributed by atoms with Gasteiger partial charge in [0.25, 0.3) is 0 Å². The molecule has 1 aliphatic carbocycles. The van der Waals surface area contributed by atoms with Crippen LogP contribution in [0.2, 0.25) is 0 Å². The smallest absolute Gasteiger partial charge is 0.416 e. The van der Waals surface area contributed by atoms with Crippen LogP contribution in [-0.4, -0.2) is 21.0 Å². The highest BCUT2D eigenvalue weighted by atomic mass is 32.2. The molecule has 2 aliphatic rings. The quantitative estimate of drug-likeness (QED) is 0.353. The molecule has 0 saturated carbocycles. The van der Waals surface area contributed by atoms with E-state index >= 15 is 0 Å². The lowest BCUT2D eigenvalue weighted by Crippen LogP contribution is -2.49. The molecule has 0 aromatic heterocycles. The van der Waals surface area contributed by atoms with Crippen molar-refractivity contribution < 1.29 is 35.1 Å². The highest BCUT2D eigenvalue weighted by Crippen LogP contribution is 2.50. The maximum atomic E-state index is 14.2. The number of hydrogen-bond donors (Lipinski definition) is 1. The molecule has 0 amide bonds. The van der Waals surface area contributed by atoms with Gasteiger partial charge in [0.05, 0.1) is 10.5 Å². The topological polar surface area (TPSA) is 55.4 Å². The number of halogens is 5. The van der Waals surface area contributed by atoms with Gasteiger partial charge in [0.1, 0.15) is 28.7 Å². The third-order valence-corrected chi connectivity index (χ3v) is 9.66. The van der Waals surface area contributed by atoms with Crippen molar-refractivity contribution in [2.45, 2.75) is 47.7 Å². The first-order chi connectivity index (χ1) is 17.0. The molecular formula is C26H22F5NO3S.